The minimum Gasteiger partial charge on any atom is -0.491 e. The van der Waals surface area contributed by atoms with E-state index < -0.39 is 12.1 Å². The molecule has 0 aliphatic rings. The van der Waals surface area contributed by atoms with E-state index in [1.165, 1.54) is 30.4 Å². The molecule has 0 aliphatic carbocycles. The van der Waals surface area contributed by atoms with Crippen LogP contribution in [0.15, 0.2) is 54.6 Å². The van der Waals surface area contributed by atoms with Crippen LogP contribution in [0, 0.1) is 0 Å². The van der Waals surface area contributed by atoms with E-state index >= 15 is 0 Å². The second-order valence-electron chi connectivity index (χ2n) is 5.64. The number of alkyl halides is 3. The van der Waals surface area contributed by atoms with Gasteiger partial charge in [-0.15, -0.1) is 0 Å². The molecule has 0 fully saturated rings. The molecule has 0 saturated carbocycles. The summed E-state index contributed by atoms with van der Waals surface area (Å²) in [5.41, 5.74) is 0.874. The van der Waals surface area contributed by atoms with Crippen LogP contribution in [0.2, 0.25) is 0 Å². The SMILES string of the molecule is COCCOc1ccc(C(=O)/C=C\c2cccc(NC(=O)C(F)(F)F)c2)cc1. The Morgan fingerprint density at radius 2 is 1.79 bits per heavy atom. The van der Waals surface area contributed by atoms with Crippen molar-refractivity contribution in [1.82, 2.24) is 0 Å². The maximum atomic E-state index is 12.3. The molecule has 0 spiro atoms. The van der Waals surface area contributed by atoms with Crippen LogP contribution in [0.4, 0.5) is 18.9 Å². The highest BCUT2D eigenvalue weighted by Crippen LogP contribution is 2.19. The van der Waals surface area contributed by atoms with Crippen molar-refractivity contribution in [3.63, 3.8) is 0 Å². The van der Waals surface area contributed by atoms with Crippen LogP contribution in [-0.4, -0.2) is 38.2 Å². The number of halogens is 3. The monoisotopic (exact) mass is 393 g/mol. The highest BCUT2D eigenvalue weighted by molar-refractivity contribution is 6.07. The van der Waals surface area contributed by atoms with Crippen molar-refractivity contribution in [2.24, 2.45) is 0 Å². The van der Waals surface area contributed by atoms with Crippen LogP contribution < -0.4 is 10.1 Å². The zero-order valence-electron chi connectivity index (χ0n) is 15.0. The molecule has 0 bridgehead atoms. The number of hydrogen-bond donors (Lipinski definition) is 1. The number of ether oxygens (including phenoxy) is 2. The van der Waals surface area contributed by atoms with E-state index in [2.05, 4.69) is 0 Å². The number of carbonyl (C=O) groups is 2. The number of allylic oxidation sites excluding steroid dienone is 1. The Morgan fingerprint density at radius 1 is 1.07 bits per heavy atom. The molecule has 5 nitrogen and oxygen atoms in total. The Hall–Kier alpha value is -3.13. The maximum absolute atomic E-state index is 12.3. The zero-order valence-corrected chi connectivity index (χ0v) is 15.0. The van der Waals surface area contributed by atoms with Crippen LogP contribution in [-0.2, 0) is 9.53 Å². The largest absolute Gasteiger partial charge is 0.491 e. The second kappa shape index (κ2) is 9.70. The molecule has 0 aromatic heterocycles. The Labute approximate surface area is 159 Å². The highest BCUT2D eigenvalue weighted by atomic mass is 19.4. The first-order chi connectivity index (χ1) is 13.3. The standard InChI is InChI=1S/C20H18F3NO4/c1-27-11-12-28-17-8-6-15(7-9-17)18(25)10-5-14-3-2-4-16(13-14)24-19(26)20(21,22)23/h2-10,13H,11-12H2,1H3,(H,24,26)/b10-5-. The fourth-order valence-corrected chi connectivity index (χ4v) is 2.15. The number of anilines is 1. The molecule has 0 aliphatic heterocycles. The summed E-state index contributed by atoms with van der Waals surface area (Å²) in [6.07, 6.45) is -2.22. The Bertz CT molecular complexity index is 845. The van der Waals surface area contributed by atoms with E-state index in [1.807, 2.05) is 0 Å². The normalized spacial score (nSPS) is 11.4. The predicted molar refractivity (Wildman–Crippen MR) is 98.3 cm³/mol. The smallest absolute Gasteiger partial charge is 0.471 e. The van der Waals surface area contributed by atoms with Crippen molar-refractivity contribution in [2.75, 3.05) is 25.6 Å². The number of hydrogen-bond acceptors (Lipinski definition) is 4. The van der Waals surface area contributed by atoms with Crippen LogP contribution in [0.3, 0.4) is 0 Å². The van der Waals surface area contributed by atoms with Crippen molar-refractivity contribution in [2.45, 2.75) is 6.18 Å². The number of carbonyl (C=O) groups excluding carboxylic acids is 2. The highest BCUT2D eigenvalue weighted by Gasteiger charge is 2.38. The molecule has 2 aromatic rings. The topological polar surface area (TPSA) is 64.6 Å². The quantitative estimate of drug-likeness (QED) is 0.417. The molecule has 1 N–H and O–H groups in total. The fraction of sp³-hybridized carbons (Fsp3) is 0.200. The summed E-state index contributed by atoms with van der Waals surface area (Å²) in [5, 5.41) is 1.76. The molecule has 0 heterocycles. The third-order valence-electron chi connectivity index (χ3n) is 3.52. The van der Waals surface area contributed by atoms with Crippen LogP contribution in [0.5, 0.6) is 5.75 Å². The first-order valence-corrected chi connectivity index (χ1v) is 8.22. The van der Waals surface area contributed by atoms with Gasteiger partial charge in [0.05, 0.1) is 6.61 Å². The van der Waals surface area contributed by atoms with Gasteiger partial charge in [0, 0.05) is 18.4 Å². The van der Waals surface area contributed by atoms with Gasteiger partial charge in [0.1, 0.15) is 12.4 Å². The van der Waals surface area contributed by atoms with E-state index in [4.69, 9.17) is 9.47 Å². The maximum Gasteiger partial charge on any atom is 0.471 e. The summed E-state index contributed by atoms with van der Waals surface area (Å²) in [5.74, 6) is -1.74. The van der Waals surface area contributed by atoms with Crippen LogP contribution in [0.25, 0.3) is 6.08 Å². The number of ketones is 1. The molecule has 148 valence electrons. The lowest BCUT2D eigenvalue weighted by atomic mass is 10.1. The first-order valence-electron chi connectivity index (χ1n) is 8.22. The lowest BCUT2D eigenvalue weighted by Crippen LogP contribution is -2.29. The van der Waals surface area contributed by atoms with E-state index in [1.54, 1.807) is 42.8 Å². The van der Waals surface area contributed by atoms with Gasteiger partial charge < -0.3 is 14.8 Å². The summed E-state index contributed by atoms with van der Waals surface area (Å²) in [6, 6.07) is 12.3. The Morgan fingerprint density at radius 3 is 2.43 bits per heavy atom. The van der Waals surface area contributed by atoms with Gasteiger partial charge in [-0.25, -0.2) is 0 Å². The summed E-state index contributed by atoms with van der Waals surface area (Å²) >= 11 is 0. The molecular weight excluding hydrogens is 375 g/mol. The predicted octanol–water partition coefficient (Wildman–Crippen LogP) is 4.11. The molecule has 0 unspecified atom stereocenters. The third kappa shape index (κ3) is 6.55. The third-order valence-corrected chi connectivity index (χ3v) is 3.52. The number of amides is 1. The molecule has 0 atom stereocenters. The van der Waals surface area contributed by atoms with Crippen molar-refractivity contribution in [3.05, 3.63) is 65.7 Å². The van der Waals surface area contributed by atoms with Gasteiger partial charge in [-0.1, -0.05) is 18.2 Å². The van der Waals surface area contributed by atoms with E-state index in [-0.39, 0.29) is 11.5 Å². The lowest BCUT2D eigenvalue weighted by molar-refractivity contribution is -0.167. The summed E-state index contributed by atoms with van der Waals surface area (Å²) < 4.78 is 47.2. The molecule has 2 rings (SSSR count). The van der Waals surface area contributed by atoms with Crippen molar-refractivity contribution < 1.29 is 32.2 Å². The van der Waals surface area contributed by atoms with Gasteiger partial charge in [0.25, 0.3) is 0 Å². The molecule has 2 aromatic carbocycles. The fourth-order valence-electron chi connectivity index (χ4n) is 2.15. The number of benzene rings is 2. The first kappa shape index (κ1) is 21.2. The molecule has 1 amide bonds. The summed E-state index contributed by atoms with van der Waals surface area (Å²) in [6.45, 7) is 0.844. The van der Waals surface area contributed by atoms with Gasteiger partial charge in [-0.05, 0) is 48.0 Å². The van der Waals surface area contributed by atoms with Gasteiger partial charge >= 0.3 is 12.1 Å². The van der Waals surface area contributed by atoms with Crippen LogP contribution >= 0.6 is 0 Å². The van der Waals surface area contributed by atoms with Gasteiger partial charge in [-0.3, -0.25) is 9.59 Å². The zero-order chi connectivity index (χ0) is 20.6. The van der Waals surface area contributed by atoms with Crippen molar-refractivity contribution in [1.29, 1.82) is 0 Å². The van der Waals surface area contributed by atoms with Crippen molar-refractivity contribution >= 4 is 23.5 Å². The van der Waals surface area contributed by atoms with Crippen molar-refractivity contribution in [3.8, 4) is 5.75 Å². The molecule has 0 saturated heterocycles. The lowest BCUT2D eigenvalue weighted by Gasteiger charge is -2.08. The average molecular weight is 393 g/mol. The van der Waals surface area contributed by atoms with E-state index in [9.17, 15) is 22.8 Å². The second-order valence-corrected chi connectivity index (χ2v) is 5.64. The van der Waals surface area contributed by atoms with Gasteiger partial charge in [0.2, 0.25) is 0 Å². The molecule has 0 radical (unpaired) electrons. The number of rotatable bonds is 8. The van der Waals surface area contributed by atoms with Crippen LogP contribution in [0.1, 0.15) is 15.9 Å². The van der Waals surface area contributed by atoms with Gasteiger partial charge in [0.15, 0.2) is 5.78 Å². The minimum atomic E-state index is -4.97. The number of methoxy groups -OCH3 is 1. The Kier molecular flexibility index (Phi) is 7.34. The number of nitrogens with one attached hydrogen (secondary N) is 1. The summed E-state index contributed by atoms with van der Waals surface area (Å²) in [7, 11) is 1.57. The van der Waals surface area contributed by atoms with E-state index in [0.29, 0.717) is 30.1 Å². The molecule has 28 heavy (non-hydrogen) atoms. The molecule has 8 heteroatoms. The van der Waals surface area contributed by atoms with E-state index in [0.717, 1.165) is 0 Å². The van der Waals surface area contributed by atoms with Gasteiger partial charge in [-0.2, -0.15) is 13.2 Å². The minimum absolute atomic E-state index is 0.0190. The average Bonchev–Trinajstić information content (AvgIpc) is 2.66. The Balaban J connectivity index is 2.00. The molecular formula is C20H18F3NO4. The summed E-state index contributed by atoms with van der Waals surface area (Å²) in [4.78, 5) is 23.2.